The number of methoxy groups -OCH3 is 2. The number of anilines is 2. The van der Waals surface area contributed by atoms with Crippen molar-refractivity contribution in [2.75, 3.05) is 19.5 Å². The number of nitrogens with zero attached hydrogens (tertiary/aromatic N) is 2. The topological polar surface area (TPSA) is 73.3 Å². The third-order valence-corrected chi connectivity index (χ3v) is 4.67. The van der Waals surface area contributed by atoms with Gasteiger partial charge in [-0.1, -0.05) is 18.2 Å². The SMILES string of the molecule is COC(=O)c1cccnc1Nc1ccc(-c2ccc(OC)c3cnccc23)cc1. The molecule has 6 nitrogen and oxygen atoms in total. The molecule has 0 aliphatic carbocycles. The number of esters is 1. The molecule has 0 amide bonds. The number of benzene rings is 2. The van der Waals surface area contributed by atoms with Crippen molar-refractivity contribution in [1.82, 2.24) is 9.97 Å². The van der Waals surface area contributed by atoms with Crippen molar-refractivity contribution in [2.45, 2.75) is 0 Å². The molecule has 0 unspecified atom stereocenters. The zero-order valence-electron chi connectivity index (χ0n) is 16.0. The minimum Gasteiger partial charge on any atom is -0.496 e. The van der Waals surface area contributed by atoms with Gasteiger partial charge in [-0.3, -0.25) is 4.98 Å². The number of pyridine rings is 2. The molecule has 144 valence electrons. The van der Waals surface area contributed by atoms with Crippen molar-refractivity contribution in [3.05, 3.63) is 78.8 Å². The Morgan fingerprint density at radius 2 is 1.76 bits per heavy atom. The summed E-state index contributed by atoms with van der Waals surface area (Å²) in [6.45, 7) is 0. The largest absolute Gasteiger partial charge is 0.496 e. The van der Waals surface area contributed by atoms with E-state index in [4.69, 9.17) is 9.47 Å². The molecule has 0 spiro atoms. The number of aromatic nitrogens is 2. The van der Waals surface area contributed by atoms with E-state index in [-0.39, 0.29) is 0 Å². The van der Waals surface area contributed by atoms with Gasteiger partial charge in [-0.25, -0.2) is 9.78 Å². The van der Waals surface area contributed by atoms with E-state index in [1.165, 1.54) is 7.11 Å². The van der Waals surface area contributed by atoms with Crippen LogP contribution in [-0.2, 0) is 4.74 Å². The van der Waals surface area contributed by atoms with Crippen molar-refractivity contribution < 1.29 is 14.3 Å². The maximum absolute atomic E-state index is 11.9. The minimum absolute atomic E-state index is 0.382. The Kier molecular flexibility index (Phi) is 5.07. The number of ether oxygens (including phenoxy) is 2. The Morgan fingerprint density at radius 1 is 0.931 bits per heavy atom. The second-order valence-electron chi connectivity index (χ2n) is 6.33. The fourth-order valence-corrected chi connectivity index (χ4v) is 3.24. The molecule has 4 aromatic rings. The molecule has 0 radical (unpaired) electrons. The van der Waals surface area contributed by atoms with Crippen LogP contribution in [0.2, 0.25) is 0 Å². The van der Waals surface area contributed by atoms with Crippen LogP contribution in [0.3, 0.4) is 0 Å². The number of hydrogen-bond acceptors (Lipinski definition) is 6. The summed E-state index contributed by atoms with van der Waals surface area (Å²) in [5, 5.41) is 5.21. The Bertz CT molecular complexity index is 1170. The molecule has 0 fully saturated rings. The molecule has 1 N–H and O–H groups in total. The number of carbonyl (C=O) groups excluding carboxylic acids is 1. The Balaban J connectivity index is 1.67. The number of fused-ring (bicyclic) bond motifs is 1. The van der Waals surface area contributed by atoms with Gasteiger partial charge in [0.05, 0.1) is 14.2 Å². The molecule has 0 saturated heterocycles. The van der Waals surface area contributed by atoms with Crippen LogP contribution in [0, 0.1) is 0 Å². The number of rotatable bonds is 5. The van der Waals surface area contributed by atoms with Crippen LogP contribution >= 0.6 is 0 Å². The Labute approximate surface area is 168 Å². The first kappa shape index (κ1) is 18.4. The summed E-state index contributed by atoms with van der Waals surface area (Å²) in [6.07, 6.45) is 5.21. The van der Waals surface area contributed by atoms with Crippen molar-refractivity contribution in [1.29, 1.82) is 0 Å². The summed E-state index contributed by atoms with van der Waals surface area (Å²) in [5.74, 6) is 0.809. The average Bonchev–Trinajstić information content (AvgIpc) is 2.79. The van der Waals surface area contributed by atoms with Crippen LogP contribution < -0.4 is 10.1 Å². The number of hydrogen-bond donors (Lipinski definition) is 1. The molecule has 2 aromatic heterocycles. The van der Waals surface area contributed by atoms with Crippen LogP contribution in [0.25, 0.3) is 21.9 Å². The third-order valence-electron chi connectivity index (χ3n) is 4.67. The third kappa shape index (κ3) is 3.60. The summed E-state index contributed by atoms with van der Waals surface area (Å²) in [7, 11) is 3.00. The summed E-state index contributed by atoms with van der Waals surface area (Å²) in [5.41, 5.74) is 3.34. The summed E-state index contributed by atoms with van der Waals surface area (Å²) < 4.78 is 10.3. The van der Waals surface area contributed by atoms with Gasteiger partial charge in [0.2, 0.25) is 0 Å². The van der Waals surface area contributed by atoms with Crippen LogP contribution in [-0.4, -0.2) is 30.2 Å². The highest BCUT2D eigenvalue weighted by molar-refractivity contribution is 6.00. The Morgan fingerprint density at radius 3 is 2.52 bits per heavy atom. The van der Waals surface area contributed by atoms with Crippen molar-refractivity contribution >= 4 is 28.2 Å². The van der Waals surface area contributed by atoms with Crippen LogP contribution in [0.15, 0.2) is 73.2 Å². The van der Waals surface area contributed by atoms with E-state index in [0.717, 1.165) is 33.3 Å². The molecule has 29 heavy (non-hydrogen) atoms. The molecule has 0 aliphatic rings. The molecule has 0 saturated carbocycles. The van der Waals surface area contributed by atoms with E-state index in [9.17, 15) is 4.79 Å². The zero-order chi connectivity index (χ0) is 20.2. The lowest BCUT2D eigenvalue weighted by atomic mass is 9.98. The van der Waals surface area contributed by atoms with Gasteiger partial charge < -0.3 is 14.8 Å². The molecule has 0 aliphatic heterocycles. The van der Waals surface area contributed by atoms with E-state index >= 15 is 0 Å². The lowest BCUT2D eigenvalue weighted by Crippen LogP contribution is -2.06. The van der Waals surface area contributed by atoms with Crippen molar-refractivity contribution in [3.8, 4) is 16.9 Å². The fourth-order valence-electron chi connectivity index (χ4n) is 3.24. The molecular weight excluding hydrogens is 366 g/mol. The van der Waals surface area contributed by atoms with E-state index in [0.29, 0.717) is 11.4 Å². The summed E-state index contributed by atoms with van der Waals surface area (Å²) >= 11 is 0. The number of nitrogens with one attached hydrogen (secondary N) is 1. The maximum atomic E-state index is 11.9. The molecule has 4 rings (SSSR count). The first-order valence-electron chi connectivity index (χ1n) is 9.03. The van der Waals surface area contributed by atoms with E-state index in [1.54, 1.807) is 31.6 Å². The highest BCUT2D eigenvalue weighted by Gasteiger charge is 2.13. The molecule has 0 bridgehead atoms. The first-order valence-corrected chi connectivity index (χ1v) is 9.03. The van der Waals surface area contributed by atoms with Gasteiger partial charge in [0.25, 0.3) is 0 Å². The quantitative estimate of drug-likeness (QED) is 0.496. The van der Waals surface area contributed by atoms with Gasteiger partial charge >= 0.3 is 5.97 Å². The predicted molar refractivity (Wildman–Crippen MR) is 113 cm³/mol. The van der Waals surface area contributed by atoms with Crippen molar-refractivity contribution in [2.24, 2.45) is 0 Å². The molecule has 6 heteroatoms. The van der Waals surface area contributed by atoms with Crippen LogP contribution in [0.5, 0.6) is 5.75 Å². The van der Waals surface area contributed by atoms with E-state index in [1.807, 2.05) is 48.7 Å². The van der Waals surface area contributed by atoms with Crippen LogP contribution in [0.4, 0.5) is 11.5 Å². The maximum Gasteiger partial charge on any atom is 0.341 e. The van der Waals surface area contributed by atoms with Gasteiger partial charge in [-0.15, -0.1) is 0 Å². The van der Waals surface area contributed by atoms with Gasteiger partial charge in [-0.05, 0) is 52.9 Å². The second kappa shape index (κ2) is 7.98. The smallest absolute Gasteiger partial charge is 0.341 e. The fraction of sp³-hybridized carbons (Fsp3) is 0.0870. The normalized spacial score (nSPS) is 10.6. The monoisotopic (exact) mass is 385 g/mol. The van der Waals surface area contributed by atoms with E-state index in [2.05, 4.69) is 15.3 Å². The van der Waals surface area contributed by atoms with Gasteiger partial charge in [-0.2, -0.15) is 0 Å². The standard InChI is InChI=1S/C23H19N3O3/c1-28-21-10-9-17(18-11-13-24-14-20(18)21)15-5-7-16(8-6-15)26-22-19(23(27)29-2)4-3-12-25-22/h3-14H,1-2H3,(H,25,26). The number of carbonyl (C=O) groups is 1. The van der Waals surface area contributed by atoms with E-state index < -0.39 is 5.97 Å². The van der Waals surface area contributed by atoms with Gasteiger partial charge in [0.15, 0.2) is 0 Å². The average molecular weight is 385 g/mol. The molecule has 2 aromatic carbocycles. The Hall–Kier alpha value is -3.93. The highest BCUT2D eigenvalue weighted by atomic mass is 16.5. The van der Waals surface area contributed by atoms with Crippen molar-refractivity contribution in [3.63, 3.8) is 0 Å². The van der Waals surface area contributed by atoms with Gasteiger partial charge in [0, 0.05) is 29.7 Å². The summed E-state index contributed by atoms with van der Waals surface area (Å²) in [6, 6.07) is 17.3. The minimum atomic E-state index is -0.435. The van der Waals surface area contributed by atoms with Crippen LogP contribution in [0.1, 0.15) is 10.4 Å². The zero-order valence-corrected chi connectivity index (χ0v) is 16.0. The molecular formula is C23H19N3O3. The molecule has 2 heterocycles. The first-order chi connectivity index (χ1) is 14.2. The highest BCUT2D eigenvalue weighted by Crippen LogP contribution is 2.34. The lowest BCUT2D eigenvalue weighted by Gasteiger charge is -2.12. The second-order valence-corrected chi connectivity index (χ2v) is 6.33. The van der Waals surface area contributed by atoms with Gasteiger partial charge in [0.1, 0.15) is 17.1 Å². The predicted octanol–water partition coefficient (Wildman–Crippen LogP) is 4.84. The molecule has 0 atom stereocenters. The summed E-state index contributed by atoms with van der Waals surface area (Å²) in [4.78, 5) is 20.4. The lowest BCUT2D eigenvalue weighted by molar-refractivity contribution is 0.0601.